The molecule has 1 atom stereocenters. The van der Waals surface area contributed by atoms with E-state index in [4.69, 9.17) is 10.5 Å². The van der Waals surface area contributed by atoms with E-state index < -0.39 is 23.8 Å². The number of cyclic esters (lactones) is 1. The first-order valence-corrected chi connectivity index (χ1v) is 8.75. The highest BCUT2D eigenvalue weighted by Crippen LogP contribution is 2.31. The number of nitrogens with zero attached hydrogens (tertiary/aromatic N) is 2. The molecule has 0 aliphatic carbocycles. The van der Waals surface area contributed by atoms with Crippen LogP contribution in [0.1, 0.15) is 6.42 Å². The van der Waals surface area contributed by atoms with Crippen molar-refractivity contribution in [1.82, 2.24) is 0 Å². The lowest BCUT2D eigenvalue weighted by Gasteiger charge is -2.24. The van der Waals surface area contributed by atoms with Gasteiger partial charge in [0.05, 0.1) is 12.2 Å². The highest BCUT2D eigenvalue weighted by atomic mass is 32.2. The topological polar surface area (TPSA) is 58.8 Å². The van der Waals surface area contributed by atoms with Gasteiger partial charge in [-0.1, -0.05) is 0 Å². The van der Waals surface area contributed by atoms with Crippen LogP contribution in [0.2, 0.25) is 0 Å². The molecule has 0 spiro atoms. The van der Waals surface area contributed by atoms with Crippen LogP contribution in [0.5, 0.6) is 0 Å². The van der Waals surface area contributed by atoms with Crippen molar-refractivity contribution in [3.8, 4) is 0 Å². The maximum Gasteiger partial charge on any atom is 0.414 e. The molecule has 2 N–H and O–H groups in total. The molecule has 23 heavy (non-hydrogen) atoms. The number of thioether (sulfide) groups is 1. The Morgan fingerprint density at radius 2 is 2.00 bits per heavy atom. The van der Waals surface area contributed by atoms with Crippen molar-refractivity contribution in [2.24, 2.45) is 5.73 Å². The molecular formula is C15H19F2N3O2S. The summed E-state index contributed by atoms with van der Waals surface area (Å²) in [6.45, 7) is 1.62. The van der Waals surface area contributed by atoms with Crippen LogP contribution >= 0.6 is 11.8 Å². The smallest absolute Gasteiger partial charge is 0.414 e. The fourth-order valence-electron chi connectivity index (χ4n) is 2.83. The molecule has 1 aromatic carbocycles. The summed E-state index contributed by atoms with van der Waals surface area (Å²) < 4.78 is 34.0. The van der Waals surface area contributed by atoms with Crippen LogP contribution in [0.3, 0.4) is 0 Å². The van der Waals surface area contributed by atoms with Crippen molar-refractivity contribution in [1.29, 1.82) is 0 Å². The summed E-state index contributed by atoms with van der Waals surface area (Å²) in [4.78, 5) is 14.7. The van der Waals surface area contributed by atoms with Crippen LogP contribution in [-0.4, -0.2) is 49.9 Å². The van der Waals surface area contributed by atoms with Gasteiger partial charge in [0.2, 0.25) is 0 Å². The van der Waals surface area contributed by atoms with Crippen LogP contribution in [-0.2, 0) is 4.74 Å². The molecule has 2 heterocycles. The van der Waals surface area contributed by atoms with Gasteiger partial charge in [-0.3, -0.25) is 4.90 Å². The lowest BCUT2D eigenvalue weighted by Crippen LogP contribution is -2.29. The molecule has 0 bridgehead atoms. The summed E-state index contributed by atoms with van der Waals surface area (Å²) in [7, 11) is 0. The van der Waals surface area contributed by atoms with E-state index in [0.29, 0.717) is 13.1 Å². The molecule has 2 aliphatic rings. The monoisotopic (exact) mass is 343 g/mol. The number of benzene rings is 1. The third-order valence-corrected chi connectivity index (χ3v) is 5.04. The Hall–Kier alpha value is -1.54. The average Bonchev–Trinajstić information content (AvgIpc) is 2.71. The zero-order valence-electron chi connectivity index (χ0n) is 12.6. The largest absolute Gasteiger partial charge is 0.443 e. The Bertz CT molecular complexity index is 571. The van der Waals surface area contributed by atoms with Crippen molar-refractivity contribution in [3.63, 3.8) is 0 Å². The number of ether oxygens (including phenoxy) is 1. The van der Waals surface area contributed by atoms with Gasteiger partial charge in [-0.15, -0.1) is 0 Å². The van der Waals surface area contributed by atoms with E-state index in [9.17, 15) is 13.6 Å². The molecular weight excluding hydrogens is 324 g/mol. The molecule has 2 saturated heterocycles. The highest BCUT2D eigenvalue weighted by Gasteiger charge is 2.32. The first-order chi connectivity index (χ1) is 11.1. The van der Waals surface area contributed by atoms with E-state index in [2.05, 4.69) is 0 Å². The van der Waals surface area contributed by atoms with Gasteiger partial charge < -0.3 is 15.4 Å². The normalized spacial score (nSPS) is 22.2. The molecule has 2 fully saturated rings. The Kier molecular flexibility index (Phi) is 4.91. The summed E-state index contributed by atoms with van der Waals surface area (Å²) in [5.74, 6) is 0.529. The number of anilines is 2. The lowest BCUT2D eigenvalue weighted by atomic mass is 10.2. The first kappa shape index (κ1) is 16.3. The molecule has 1 amide bonds. The second kappa shape index (κ2) is 6.92. The van der Waals surface area contributed by atoms with Gasteiger partial charge >= 0.3 is 6.09 Å². The van der Waals surface area contributed by atoms with E-state index in [0.717, 1.165) is 17.9 Å². The maximum atomic E-state index is 14.5. The van der Waals surface area contributed by atoms with Crippen molar-refractivity contribution in [2.75, 3.05) is 47.5 Å². The first-order valence-electron chi connectivity index (χ1n) is 7.60. The molecule has 0 unspecified atom stereocenters. The second-order valence-corrected chi connectivity index (χ2v) is 6.79. The van der Waals surface area contributed by atoms with Crippen molar-refractivity contribution in [2.45, 2.75) is 12.5 Å². The number of amides is 1. The van der Waals surface area contributed by atoms with Crippen molar-refractivity contribution in [3.05, 3.63) is 23.8 Å². The highest BCUT2D eigenvalue weighted by molar-refractivity contribution is 7.99. The summed E-state index contributed by atoms with van der Waals surface area (Å²) in [6.07, 6.45) is -0.184. The minimum absolute atomic E-state index is 0.0146. The van der Waals surface area contributed by atoms with Crippen LogP contribution in [0, 0.1) is 11.6 Å². The zero-order chi connectivity index (χ0) is 16.4. The van der Waals surface area contributed by atoms with Gasteiger partial charge in [0.1, 0.15) is 11.8 Å². The van der Waals surface area contributed by atoms with E-state index >= 15 is 0 Å². The van der Waals surface area contributed by atoms with Gasteiger partial charge in [-0.25, -0.2) is 13.6 Å². The fourth-order valence-corrected chi connectivity index (χ4v) is 3.72. The Labute approximate surface area is 137 Å². The molecule has 0 aromatic heterocycles. The third kappa shape index (κ3) is 3.37. The van der Waals surface area contributed by atoms with Gasteiger partial charge in [0.15, 0.2) is 11.6 Å². The minimum Gasteiger partial charge on any atom is -0.443 e. The van der Waals surface area contributed by atoms with Crippen molar-refractivity contribution >= 4 is 29.2 Å². The molecule has 2 aliphatic heterocycles. The van der Waals surface area contributed by atoms with Gasteiger partial charge in [0.25, 0.3) is 0 Å². The summed E-state index contributed by atoms with van der Waals surface area (Å²) in [5.41, 5.74) is 5.62. The van der Waals surface area contributed by atoms with Gasteiger partial charge in [0, 0.05) is 37.5 Å². The molecule has 0 saturated carbocycles. The number of halogens is 2. The Balaban J connectivity index is 1.87. The van der Waals surface area contributed by atoms with Gasteiger partial charge in [-0.2, -0.15) is 11.8 Å². The number of carbonyl (C=O) groups is 1. The number of hydrogen-bond acceptors (Lipinski definition) is 5. The van der Waals surface area contributed by atoms with Crippen LogP contribution < -0.4 is 15.5 Å². The van der Waals surface area contributed by atoms with Crippen molar-refractivity contribution < 1.29 is 18.3 Å². The summed E-state index contributed by atoms with van der Waals surface area (Å²) in [5, 5.41) is 0. The number of nitrogens with two attached hydrogens (primary N) is 1. The Morgan fingerprint density at radius 3 is 2.65 bits per heavy atom. The number of carbonyl (C=O) groups excluding carboxylic acids is 1. The lowest BCUT2D eigenvalue weighted by molar-refractivity contribution is 0.145. The number of hydrogen-bond donors (Lipinski definition) is 1. The van der Waals surface area contributed by atoms with E-state index in [-0.39, 0.29) is 24.5 Å². The predicted octanol–water partition coefficient (Wildman–Crippen LogP) is 2.19. The van der Waals surface area contributed by atoms with E-state index in [1.54, 1.807) is 16.7 Å². The average molecular weight is 343 g/mol. The summed E-state index contributed by atoms with van der Waals surface area (Å²) >= 11 is 1.78. The van der Waals surface area contributed by atoms with E-state index in [1.807, 2.05) is 0 Å². The summed E-state index contributed by atoms with van der Waals surface area (Å²) in [6, 6.07) is 2.38. The molecule has 126 valence electrons. The quantitative estimate of drug-likeness (QED) is 0.912. The zero-order valence-corrected chi connectivity index (χ0v) is 13.5. The molecule has 8 heteroatoms. The van der Waals surface area contributed by atoms with Crippen LogP contribution in [0.4, 0.5) is 25.0 Å². The molecule has 0 radical (unpaired) electrons. The fraction of sp³-hybridized carbons (Fsp3) is 0.533. The van der Waals surface area contributed by atoms with Gasteiger partial charge in [-0.05, 0) is 12.2 Å². The maximum absolute atomic E-state index is 14.5. The molecule has 5 nitrogen and oxygen atoms in total. The standard InChI is InChI=1S/C15H19F2N3O2S/c16-12-6-10(20-9-11(8-18)22-15(20)21)7-13(17)14(12)19-2-1-4-23-5-3-19/h6-7,11H,1-5,8-9,18H2/t11-/m0/s1. The van der Waals surface area contributed by atoms with E-state index in [1.165, 1.54) is 17.0 Å². The molecule has 1 aromatic rings. The van der Waals surface area contributed by atoms with Crippen LogP contribution in [0.15, 0.2) is 12.1 Å². The SMILES string of the molecule is NC[C@H]1CN(c2cc(F)c(N3CCCSCC3)c(F)c2)C(=O)O1. The molecule has 3 rings (SSSR count). The second-order valence-electron chi connectivity index (χ2n) is 5.56. The Morgan fingerprint density at radius 1 is 1.26 bits per heavy atom. The number of rotatable bonds is 3. The predicted molar refractivity (Wildman–Crippen MR) is 87.2 cm³/mol. The minimum atomic E-state index is -0.657. The van der Waals surface area contributed by atoms with Crippen LogP contribution in [0.25, 0.3) is 0 Å². The third-order valence-electron chi connectivity index (χ3n) is 3.99.